The molecule has 0 amide bonds. The van der Waals surface area contributed by atoms with Gasteiger partial charge in [0, 0.05) is 0 Å². The van der Waals surface area contributed by atoms with Gasteiger partial charge in [0.1, 0.15) is 0 Å². The van der Waals surface area contributed by atoms with Crippen molar-refractivity contribution in [3.05, 3.63) is 97.1 Å². The van der Waals surface area contributed by atoms with Crippen molar-refractivity contribution < 1.29 is 18.5 Å². The molecule has 0 bridgehead atoms. The van der Waals surface area contributed by atoms with E-state index in [1.807, 2.05) is 97.1 Å². The monoisotopic (exact) mass is 460 g/mol. The molecule has 6 rings (SSSR count). The Balaban J connectivity index is 1.39. The predicted molar refractivity (Wildman–Crippen MR) is 132 cm³/mol. The Kier molecular flexibility index (Phi) is 4.52. The van der Waals surface area contributed by atoms with E-state index in [-0.39, 0.29) is 12.3 Å². The van der Waals surface area contributed by atoms with Crippen LogP contribution in [0.1, 0.15) is 0 Å². The maximum absolute atomic E-state index is 14.2. The van der Waals surface area contributed by atoms with E-state index in [1.54, 1.807) is 0 Å². The normalized spacial score (nSPS) is 20.4. The van der Waals surface area contributed by atoms with Gasteiger partial charge in [-0.15, -0.1) is 0 Å². The van der Waals surface area contributed by atoms with Crippen LogP contribution in [0.5, 0.6) is 11.5 Å². The third kappa shape index (κ3) is 3.03. The molecule has 4 aromatic carbocycles. The van der Waals surface area contributed by atoms with Gasteiger partial charge in [-0.25, -0.2) is 0 Å². The summed E-state index contributed by atoms with van der Waals surface area (Å²) in [5.74, 6) is 1.30. The molecule has 0 aromatic heterocycles. The average molecular weight is 460 g/mol. The van der Waals surface area contributed by atoms with Crippen molar-refractivity contribution in [1.29, 1.82) is 0 Å². The van der Waals surface area contributed by atoms with Gasteiger partial charge in [0.05, 0.1) is 0 Å². The van der Waals surface area contributed by atoms with E-state index in [4.69, 9.17) is 9.05 Å². The molecule has 0 saturated heterocycles. The standard InChI is InChI=1S/C26H22O4P2/c27-31(25-15-7-3-11-21(25)19-9-1-5-13-23(19)29-31)17-18-32(28)26-16-8-4-12-22(26)20-10-2-6-14-24(20)30-32/h1-16,27,31H,17-18H2. The fourth-order valence-electron chi connectivity index (χ4n) is 4.70. The summed E-state index contributed by atoms with van der Waals surface area (Å²) in [4.78, 5) is 11.8. The van der Waals surface area contributed by atoms with E-state index >= 15 is 0 Å². The molecule has 1 atom stereocenters. The predicted octanol–water partition coefficient (Wildman–Crippen LogP) is 5.61. The second kappa shape index (κ2) is 7.32. The fraction of sp³-hybridized carbons (Fsp3) is 0.0769. The van der Waals surface area contributed by atoms with Crippen molar-refractivity contribution in [3.8, 4) is 33.8 Å². The number of rotatable bonds is 3. The van der Waals surface area contributed by atoms with E-state index < -0.39 is 15.1 Å². The van der Waals surface area contributed by atoms with Gasteiger partial charge in [-0.2, -0.15) is 0 Å². The van der Waals surface area contributed by atoms with Crippen molar-refractivity contribution in [1.82, 2.24) is 0 Å². The molecule has 1 unspecified atom stereocenters. The topological polar surface area (TPSA) is 55.8 Å². The first-order valence-corrected chi connectivity index (χ1v) is 14.5. The van der Waals surface area contributed by atoms with E-state index in [0.29, 0.717) is 16.8 Å². The Bertz CT molecular complexity index is 1400. The molecule has 0 radical (unpaired) electrons. The quantitative estimate of drug-likeness (QED) is 0.404. The summed E-state index contributed by atoms with van der Waals surface area (Å²) < 4.78 is 26.6. The summed E-state index contributed by atoms with van der Waals surface area (Å²) in [6.45, 7) is 0. The Morgan fingerprint density at radius 2 is 1.25 bits per heavy atom. The van der Waals surface area contributed by atoms with Crippen molar-refractivity contribution in [2.24, 2.45) is 0 Å². The number of benzene rings is 4. The maximum atomic E-state index is 14.2. The molecular formula is C26H22O4P2. The van der Waals surface area contributed by atoms with Gasteiger partial charge in [0.2, 0.25) is 0 Å². The van der Waals surface area contributed by atoms with Crippen LogP contribution in [-0.4, -0.2) is 17.2 Å². The van der Waals surface area contributed by atoms with Crippen molar-refractivity contribution in [2.45, 2.75) is 0 Å². The second-order valence-electron chi connectivity index (χ2n) is 8.18. The van der Waals surface area contributed by atoms with E-state index in [0.717, 1.165) is 27.6 Å². The first-order valence-electron chi connectivity index (χ1n) is 10.7. The third-order valence-corrected chi connectivity index (χ3v) is 11.9. The van der Waals surface area contributed by atoms with Crippen LogP contribution in [0, 0.1) is 0 Å². The Morgan fingerprint density at radius 3 is 2.03 bits per heavy atom. The van der Waals surface area contributed by atoms with Gasteiger partial charge in [0.25, 0.3) is 0 Å². The first-order chi connectivity index (χ1) is 15.6. The molecule has 2 aliphatic rings. The number of hydrogen-bond acceptors (Lipinski definition) is 4. The minimum atomic E-state index is -3.40. The average Bonchev–Trinajstić information content (AvgIpc) is 2.84. The number of fused-ring (bicyclic) bond motifs is 6. The third-order valence-electron chi connectivity index (χ3n) is 6.24. The van der Waals surface area contributed by atoms with Crippen LogP contribution >= 0.6 is 15.1 Å². The molecule has 160 valence electrons. The number of para-hydroxylation sites is 2. The zero-order valence-electron chi connectivity index (χ0n) is 17.3. The molecule has 2 heterocycles. The molecule has 4 aromatic rings. The van der Waals surface area contributed by atoms with Crippen molar-refractivity contribution in [2.75, 3.05) is 12.3 Å². The second-order valence-corrected chi connectivity index (χ2v) is 13.4. The SMILES string of the molecule is O=P1(CC[PH]2(O)Oc3ccccc3-c3ccccc32)Oc2ccccc2-c2ccccc21. The fourth-order valence-corrected chi connectivity index (χ4v) is 10.9. The molecule has 4 nitrogen and oxygen atoms in total. The van der Waals surface area contributed by atoms with Gasteiger partial charge < -0.3 is 0 Å². The molecule has 0 spiro atoms. The van der Waals surface area contributed by atoms with Crippen molar-refractivity contribution in [3.63, 3.8) is 0 Å². The van der Waals surface area contributed by atoms with Crippen LogP contribution in [0.15, 0.2) is 97.1 Å². The van der Waals surface area contributed by atoms with Crippen molar-refractivity contribution >= 4 is 25.7 Å². The van der Waals surface area contributed by atoms with Gasteiger partial charge >= 0.3 is 187 Å². The van der Waals surface area contributed by atoms with Gasteiger partial charge in [-0.1, -0.05) is 0 Å². The van der Waals surface area contributed by atoms with E-state index in [1.165, 1.54) is 0 Å². The van der Waals surface area contributed by atoms with Crippen LogP contribution < -0.4 is 19.7 Å². The number of hydrogen-bond donors (Lipinski definition) is 1. The molecule has 6 heteroatoms. The van der Waals surface area contributed by atoms with Crippen LogP contribution in [-0.2, 0) is 4.57 Å². The summed E-state index contributed by atoms with van der Waals surface area (Å²) in [5.41, 5.74) is 3.83. The summed E-state index contributed by atoms with van der Waals surface area (Å²) in [7, 11) is -6.65. The Labute approximate surface area is 187 Å². The van der Waals surface area contributed by atoms with Gasteiger partial charge in [0.15, 0.2) is 0 Å². The molecule has 2 aliphatic heterocycles. The summed E-state index contributed by atoms with van der Waals surface area (Å²) in [6.07, 6.45) is 0.476. The molecule has 1 N–H and O–H groups in total. The van der Waals surface area contributed by atoms with Crippen LogP contribution in [0.3, 0.4) is 0 Å². The molecule has 0 saturated carbocycles. The Morgan fingerprint density at radius 1 is 0.688 bits per heavy atom. The first kappa shape index (κ1) is 19.8. The van der Waals surface area contributed by atoms with E-state index in [9.17, 15) is 9.46 Å². The van der Waals surface area contributed by atoms with E-state index in [2.05, 4.69) is 0 Å². The summed E-state index contributed by atoms with van der Waals surface area (Å²) >= 11 is 0. The zero-order chi connectivity index (χ0) is 21.8. The minimum absolute atomic E-state index is 0.206. The summed E-state index contributed by atoms with van der Waals surface area (Å²) in [5, 5.41) is 1.52. The van der Waals surface area contributed by atoms with Gasteiger partial charge in [-0.05, 0) is 0 Å². The molecule has 0 fully saturated rings. The molecule has 0 aliphatic carbocycles. The van der Waals surface area contributed by atoms with Crippen LogP contribution in [0.25, 0.3) is 22.3 Å². The molecular weight excluding hydrogens is 438 g/mol. The molecule has 32 heavy (non-hydrogen) atoms. The zero-order valence-corrected chi connectivity index (χ0v) is 19.2. The summed E-state index contributed by atoms with van der Waals surface area (Å²) in [6, 6.07) is 31.0. The van der Waals surface area contributed by atoms with Crippen LogP contribution in [0.2, 0.25) is 0 Å². The van der Waals surface area contributed by atoms with Crippen LogP contribution in [0.4, 0.5) is 0 Å². The van der Waals surface area contributed by atoms with Gasteiger partial charge in [-0.3, -0.25) is 0 Å². The Hall–Kier alpha value is -2.90.